The van der Waals surface area contributed by atoms with Crippen LogP contribution in [0, 0.1) is 11.6 Å². The molecule has 0 spiro atoms. The molecule has 0 fully saturated rings. The molecule has 0 N–H and O–H groups in total. The number of halogens is 2. The molecule has 0 aliphatic heterocycles. The zero-order valence-electron chi connectivity index (χ0n) is 18.3. The lowest BCUT2D eigenvalue weighted by Gasteiger charge is -2.05. The Morgan fingerprint density at radius 2 is 1.00 bits per heavy atom. The molecule has 3 heterocycles. The van der Waals surface area contributed by atoms with Crippen LogP contribution in [0.15, 0.2) is 102 Å². The van der Waals surface area contributed by atoms with Gasteiger partial charge in [-0.1, -0.05) is 24.3 Å². The summed E-state index contributed by atoms with van der Waals surface area (Å²) in [7, 11) is 0. The molecular formula is C30H16F2N2O. The van der Waals surface area contributed by atoms with E-state index in [1.165, 1.54) is 24.3 Å². The number of pyridine rings is 2. The van der Waals surface area contributed by atoms with Crippen molar-refractivity contribution in [3.63, 3.8) is 0 Å². The van der Waals surface area contributed by atoms with Crippen molar-refractivity contribution in [1.82, 2.24) is 9.97 Å². The molecule has 7 aromatic rings. The van der Waals surface area contributed by atoms with E-state index in [-0.39, 0.29) is 11.6 Å². The van der Waals surface area contributed by atoms with Gasteiger partial charge in [0.1, 0.15) is 22.8 Å². The Hall–Kier alpha value is -4.64. The van der Waals surface area contributed by atoms with Crippen LogP contribution in [0.5, 0.6) is 0 Å². The van der Waals surface area contributed by atoms with Crippen LogP contribution in [-0.2, 0) is 0 Å². The molecule has 0 amide bonds. The smallest absolute Gasteiger partial charge is 0.144 e. The molecule has 0 saturated carbocycles. The Balaban J connectivity index is 1.46. The van der Waals surface area contributed by atoms with Gasteiger partial charge in [-0.25, -0.2) is 8.78 Å². The number of fused-ring (bicyclic) bond motifs is 5. The molecule has 0 bridgehead atoms. The first-order valence-electron chi connectivity index (χ1n) is 11.2. The van der Waals surface area contributed by atoms with Crippen molar-refractivity contribution in [3.8, 4) is 22.5 Å². The minimum absolute atomic E-state index is 0.288. The second kappa shape index (κ2) is 7.43. The second-order valence-corrected chi connectivity index (χ2v) is 8.59. The molecule has 3 aromatic heterocycles. The average molecular weight is 458 g/mol. The molecule has 166 valence electrons. The van der Waals surface area contributed by atoms with E-state index < -0.39 is 0 Å². The SMILES string of the molecule is Fc1ccc2cnc(-c3cccc4c3oc3c(-c5cc6cc(F)ccc6cn5)cccc34)cc2c1. The summed E-state index contributed by atoms with van der Waals surface area (Å²) in [5.74, 6) is -0.576. The predicted octanol–water partition coefficient (Wildman–Crippen LogP) is 8.29. The highest BCUT2D eigenvalue weighted by atomic mass is 19.1. The summed E-state index contributed by atoms with van der Waals surface area (Å²) in [6.45, 7) is 0. The van der Waals surface area contributed by atoms with Crippen LogP contribution in [0.2, 0.25) is 0 Å². The lowest BCUT2D eigenvalue weighted by molar-refractivity contribution is 0.629. The van der Waals surface area contributed by atoms with Crippen LogP contribution in [0.4, 0.5) is 8.78 Å². The summed E-state index contributed by atoms with van der Waals surface area (Å²) in [6, 6.07) is 24.9. The molecule has 0 aliphatic rings. The van der Waals surface area contributed by atoms with Crippen LogP contribution in [0.1, 0.15) is 0 Å². The zero-order valence-corrected chi connectivity index (χ0v) is 18.3. The fourth-order valence-corrected chi connectivity index (χ4v) is 4.74. The lowest BCUT2D eigenvalue weighted by atomic mass is 10.0. The lowest BCUT2D eigenvalue weighted by Crippen LogP contribution is -1.86. The summed E-state index contributed by atoms with van der Waals surface area (Å²) in [5.41, 5.74) is 4.45. The number of nitrogens with zero attached hydrogens (tertiary/aromatic N) is 2. The molecule has 3 nitrogen and oxygen atoms in total. The van der Waals surface area contributed by atoms with E-state index in [1.807, 2.05) is 48.5 Å². The van der Waals surface area contributed by atoms with Gasteiger partial charge in [0, 0.05) is 45.1 Å². The van der Waals surface area contributed by atoms with Crippen molar-refractivity contribution in [3.05, 3.63) is 109 Å². The highest BCUT2D eigenvalue weighted by Gasteiger charge is 2.17. The van der Waals surface area contributed by atoms with Gasteiger partial charge >= 0.3 is 0 Å². The topological polar surface area (TPSA) is 38.9 Å². The number of furan rings is 1. The molecule has 0 unspecified atom stereocenters. The first kappa shape index (κ1) is 19.8. The molecule has 35 heavy (non-hydrogen) atoms. The Bertz CT molecular complexity index is 1800. The molecule has 0 radical (unpaired) electrons. The van der Waals surface area contributed by atoms with Crippen LogP contribution in [0.25, 0.3) is 66.0 Å². The average Bonchev–Trinajstić information content (AvgIpc) is 3.27. The Morgan fingerprint density at radius 1 is 0.514 bits per heavy atom. The Kier molecular flexibility index (Phi) is 4.20. The minimum Gasteiger partial charge on any atom is -0.455 e. The third-order valence-corrected chi connectivity index (χ3v) is 6.44. The van der Waals surface area contributed by atoms with Crippen molar-refractivity contribution in [1.29, 1.82) is 0 Å². The summed E-state index contributed by atoms with van der Waals surface area (Å²) in [6.07, 6.45) is 3.49. The standard InChI is InChI=1S/C30H16F2N2O/c31-21-9-7-17-15-33-27(13-19(17)11-21)25-5-1-3-23-24-4-2-6-26(30(24)35-29(23)25)28-14-20-12-22(32)10-8-18(20)16-34-28/h1-16H. The van der Waals surface area contributed by atoms with Crippen LogP contribution in [0.3, 0.4) is 0 Å². The number of benzene rings is 4. The molecule has 7 rings (SSSR count). The van der Waals surface area contributed by atoms with Crippen molar-refractivity contribution in [2.24, 2.45) is 0 Å². The first-order chi connectivity index (χ1) is 17.1. The van der Waals surface area contributed by atoms with Crippen LogP contribution >= 0.6 is 0 Å². The fraction of sp³-hybridized carbons (Fsp3) is 0. The maximum Gasteiger partial charge on any atom is 0.144 e. The summed E-state index contributed by atoms with van der Waals surface area (Å²) >= 11 is 0. The Labute approximate surface area is 198 Å². The molecule has 5 heteroatoms. The van der Waals surface area contributed by atoms with Gasteiger partial charge in [-0.2, -0.15) is 0 Å². The van der Waals surface area contributed by atoms with Crippen LogP contribution < -0.4 is 0 Å². The van der Waals surface area contributed by atoms with Gasteiger partial charge in [0.15, 0.2) is 0 Å². The van der Waals surface area contributed by atoms with E-state index in [9.17, 15) is 8.78 Å². The highest BCUT2D eigenvalue weighted by molar-refractivity contribution is 6.13. The van der Waals surface area contributed by atoms with Gasteiger partial charge < -0.3 is 4.42 Å². The monoisotopic (exact) mass is 458 g/mol. The van der Waals surface area contributed by atoms with E-state index in [1.54, 1.807) is 24.5 Å². The van der Waals surface area contributed by atoms with E-state index >= 15 is 0 Å². The van der Waals surface area contributed by atoms with E-state index in [2.05, 4.69) is 9.97 Å². The molecule has 4 aromatic carbocycles. The summed E-state index contributed by atoms with van der Waals surface area (Å²) in [5, 5.41) is 5.19. The van der Waals surface area contributed by atoms with Crippen molar-refractivity contribution < 1.29 is 13.2 Å². The third-order valence-electron chi connectivity index (χ3n) is 6.44. The molecule has 0 aliphatic carbocycles. The van der Waals surface area contributed by atoms with Crippen molar-refractivity contribution in [2.45, 2.75) is 0 Å². The minimum atomic E-state index is -0.288. The van der Waals surface area contributed by atoms with E-state index in [4.69, 9.17) is 4.42 Å². The quantitative estimate of drug-likeness (QED) is 0.262. The number of hydrogen-bond donors (Lipinski definition) is 0. The van der Waals surface area contributed by atoms with Gasteiger partial charge in [-0.15, -0.1) is 0 Å². The zero-order chi connectivity index (χ0) is 23.5. The summed E-state index contributed by atoms with van der Waals surface area (Å²) < 4.78 is 34.1. The van der Waals surface area contributed by atoms with Gasteiger partial charge in [0.05, 0.1) is 11.4 Å². The highest BCUT2D eigenvalue weighted by Crippen LogP contribution is 2.39. The number of para-hydroxylation sites is 2. The fourth-order valence-electron chi connectivity index (χ4n) is 4.74. The number of hydrogen-bond acceptors (Lipinski definition) is 3. The van der Waals surface area contributed by atoms with Crippen molar-refractivity contribution in [2.75, 3.05) is 0 Å². The molecule has 0 saturated heterocycles. The first-order valence-corrected chi connectivity index (χ1v) is 11.2. The van der Waals surface area contributed by atoms with Gasteiger partial charge in [-0.05, 0) is 71.4 Å². The predicted molar refractivity (Wildman–Crippen MR) is 135 cm³/mol. The number of aromatic nitrogens is 2. The largest absolute Gasteiger partial charge is 0.455 e. The van der Waals surface area contributed by atoms with Gasteiger partial charge in [-0.3, -0.25) is 9.97 Å². The maximum atomic E-state index is 13.8. The normalized spacial score (nSPS) is 11.7. The van der Waals surface area contributed by atoms with Crippen LogP contribution in [-0.4, -0.2) is 9.97 Å². The number of rotatable bonds is 2. The maximum absolute atomic E-state index is 13.8. The molecular weight excluding hydrogens is 442 g/mol. The van der Waals surface area contributed by atoms with Gasteiger partial charge in [0.2, 0.25) is 0 Å². The van der Waals surface area contributed by atoms with E-state index in [0.29, 0.717) is 22.6 Å². The van der Waals surface area contributed by atoms with Gasteiger partial charge in [0.25, 0.3) is 0 Å². The third kappa shape index (κ3) is 3.16. The van der Waals surface area contributed by atoms with Crippen molar-refractivity contribution >= 4 is 43.5 Å². The molecule has 0 atom stereocenters. The van der Waals surface area contributed by atoms with E-state index in [0.717, 1.165) is 43.4 Å². The Morgan fingerprint density at radius 3 is 1.49 bits per heavy atom. The summed E-state index contributed by atoms with van der Waals surface area (Å²) in [4.78, 5) is 9.24. The second-order valence-electron chi connectivity index (χ2n) is 8.59.